The van der Waals surface area contributed by atoms with Crippen molar-refractivity contribution in [1.29, 1.82) is 0 Å². The highest BCUT2D eigenvalue weighted by molar-refractivity contribution is 6.29. The van der Waals surface area contributed by atoms with Gasteiger partial charge in [0.25, 0.3) is 0 Å². The van der Waals surface area contributed by atoms with Crippen molar-refractivity contribution in [3.63, 3.8) is 0 Å². The Kier molecular flexibility index (Phi) is 4.12. The number of aromatic nitrogens is 1. The zero-order valence-corrected chi connectivity index (χ0v) is 13.4. The molecule has 1 heterocycles. The van der Waals surface area contributed by atoms with Gasteiger partial charge in [0.05, 0.1) is 11.9 Å². The average Bonchev–Trinajstić information content (AvgIpc) is 2.53. The summed E-state index contributed by atoms with van der Waals surface area (Å²) < 4.78 is 0. The van der Waals surface area contributed by atoms with Crippen LogP contribution in [0.5, 0.6) is 0 Å². The van der Waals surface area contributed by atoms with Crippen molar-refractivity contribution in [1.82, 2.24) is 4.98 Å². The van der Waals surface area contributed by atoms with Gasteiger partial charge < -0.3 is 4.90 Å². The Labute approximate surface area is 136 Å². The monoisotopic (exact) mass is 308 g/mol. The van der Waals surface area contributed by atoms with Crippen LogP contribution in [0, 0.1) is 13.8 Å². The number of hydrogen-bond donors (Lipinski definition) is 0. The molecule has 0 radical (unpaired) electrons. The van der Waals surface area contributed by atoms with Crippen molar-refractivity contribution < 1.29 is 0 Å². The second-order valence-corrected chi connectivity index (χ2v) is 5.73. The van der Waals surface area contributed by atoms with Crippen LogP contribution in [0.4, 0.5) is 17.1 Å². The van der Waals surface area contributed by atoms with Crippen LogP contribution < -0.4 is 4.90 Å². The highest BCUT2D eigenvalue weighted by Gasteiger charge is 2.12. The van der Waals surface area contributed by atoms with Gasteiger partial charge in [0.2, 0.25) is 0 Å². The first-order valence-corrected chi connectivity index (χ1v) is 7.56. The molecule has 22 heavy (non-hydrogen) atoms. The molecule has 2 aromatic carbocycles. The van der Waals surface area contributed by atoms with Gasteiger partial charge in [0, 0.05) is 11.4 Å². The minimum Gasteiger partial charge on any atom is -0.309 e. The van der Waals surface area contributed by atoms with Crippen LogP contribution in [0.3, 0.4) is 0 Å². The maximum absolute atomic E-state index is 5.92. The molecule has 3 rings (SSSR count). The van der Waals surface area contributed by atoms with Crippen LogP contribution >= 0.6 is 11.6 Å². The van der Waals surface area contributed by atoms with Gasteiger partial charge in [0.15, 0.2) is 0 Å². The van der Waals surface area contributed by atoms with Crippen molar-refractivity contribution in [2.75, 3.05) is 4.90 Å². The molecule has 0 atom stereocenters. The molecule has 0 aliphatic carbocycles. The van der Waals surface area contributed by atoms with Crippen LogP contribution in [0.25, 0.3) is 0 Å². The van der Waals surface area contributed by atoms with E-state index in [2.05, 4.69) is 72.3 Å². The van der Waals surface area contributed by atoms with Crippen molar-refractivity contribution in [2.45, 2.75) is 13.8 Å². The fourth-order valence-corrected chi connectivity index (χ4v) is 2.45. The molecule has 0 saturated carbocycles. The van der Waals surface area contributed by atoms with Crippen molar-refractivity contribution in [3.8, 4) is 0 Å². The summed E-state index contributed by atoms with van der Waals surface area (Å²) in [5, 5.41) is 0.497. The quantitative estimate of drug-likeness (QED) is 0.567. The lowest BCUT2D eigenvalue weighted by molar-refractivity contribution is 1.22. The molecule has 0 saturated heterocycles. The summed E-state index contributed by atoms with van der Waals surface area (Å²) in [7, 11) is 0. The third-order valence-electron chi connectivity index (χ3n) is 3.55. The topological polar surface area (TPSA) is 16.1 Å². The minimum absolute atomic E-state index is 0.497. The Hall–Kier alpha value is -2.32. The van der Waals surface area contributed by atoms with E-state index in [1.54, 1.807) is 6.20 Å². The molecule has 3 aromatic rings. The van der Waals surface area contributed by atoms with Gasteiger partial charge in [-0.05, 0) is 50.2 Å². The predicted octanol–water partition coefficient (Wildman–Crippen LogP) is 5.82. The first-order valence-electron chi connectivity index (χ1n) is 7.18. The first kappa shape index (κ1) is 14.6. The van der Waals surface area contributed by atoms with E-state index < -0.39 is 0 Å². The largest absolute Gasteiger partial charge is 0.309 e. The number of anilines is 3. The number of pyridine rings is 1. The third-order valence-corrected chi connectivity index (χ3v) is 3.78. The Bertz CT molecular complexity index is 639. The molecule has 110 valence electrons. The molecule has 2 nitrogen and oxygen atoms in total. The second-order valence-electron chi connectivity index (χ2n) is 5.35. The molecule has 0 aliphatic heterocycles. The van der Waals surface area contributed by atoms with Gasteiger partial charge >= 0.3 is 0 Å². The molecular weight excluding hydrogens is 292 g/mol. The van der Waals surface area contributed by atoms with E-state index in [1.807, 2.05) is 12.1 Å². The summed E-state index contributed by atoms with van der Waals surface area (Å²) in [4.78, 5) is 6.38. The van der Waals surface area contributed by atoms with E-state index >= 15 is 0 Å². The van der Waals surface area contributed by atoms with Crippen LogP contribution in [0.15, 0.2) is 66.9 Å². The fraction of sp³-hybridized carbons (Fsp3) is 0.105. The smallest absolute Gasteiger partial charge is 0.129 e. The summed E-state index contributed by atoms with van der Waals surface area (Å²) in [6.07, 6.45) is 1.79. The van der Waals surface area contributed by atoms with Gasteiger partial charge in [0.1, 0.15) is 5.15 Å². The lowest BCUT2D eigenvalue weighted by Crippen LogP contribution is -2.10. The minimum atomic E-state index is 0.497. The summed E-state index contributed by atoms with van der Waals surface area (Å²) in [5.74, 6) is 0. The maximum atomic E-state index is 5.92. The molecule has 0 spiro atoms. The number of halogens is 1. The van der Waals surface area contributed by atoms with Gasteiger partial charge in [-0.1, -0.05) is 47.0 Å². The van der Waals surface area contributed by atoms with Gasteiger partial charge in [-0.2, -0.15) is 0 Å². The average molecular weight is 309 g/mol. The highest BCUT2D eigenvalue weighted by Crippen LogP contribution is 2.34. The molecule has 1 aromatic heterocycles. The lowest BCUT2D eigenvalue weighted by atomic mass is 10.1. The van der Waals surface area contributed by atoms with E-state index in [0.29, 0.717) is 5.15 Å². The number of nitrogens with zero attached hydrogens (tertiary/aromatic N) is 2. The Balaban J connectivity index is 2.10. The zero-order valence-electron chi connectivity index (χ0n) is 12.6. The van der Waals surface area contributed by atoms with E-state index in [0.717, 1.165) is 17.1 Å². The van der Waals surface area contributed by atoms with Crippen molar-refractivity contribution >= 4 is 28.7 Å². The van der Waals surface area contributed by atoms with Crippen LogP contribution in [-0.2, 0) is 0 Å². The highest BCUT2D eigenvalue weighted by atomic mass is 35.5. The van der Waals surface area contributed by atoms with E-state index in [9.17, 15) is 0 Å². The number of benzene rings is 2. The predicted molar refractivity (Wildman–Crippen MR) is 93.4 cm³/mol. The zero-order chi connectivity index (χ0) is 15.5. The molecular formula is C19H17ClN2. The van der Waals surface area contributed by atoms with E-state index in [1.165, 1.54) is 11.1 Å². The summed E-state index contributed by atoms with van der Waals surface area (Å²) in [5.41, 5.74) is 5.65. The number of hydrogen-bond acceptors (Lipinski definition) is 2. The Morgan fingerprint density at radius 2 is 1.14 bits per heavy atom. The molecule has 0 aliphatic rings. The SMILES string of the molecule is Cc1ccc(N(c2ccc(C)cc2)c2ccc(Cl)nc2)cc1. The second kappa shape index (κ2) is 6.20. The van der Waals surface area contributed by atoms with Gasteiger partial charge in [-0.25, -0.2) is 4.98 Å². The van der Waals surface area contributed by atoms with Gasteiger partial charge in [-0.3, -0.25) is 0 Å². The normalized spacial score (nSPS) is 10.5. The van der Waals surface area contributed by atoms with Crippen LogP contribution in [0.1, 0.15) is 11.1 Å². The number of rotatable bonds is 3. The van der Waals surface area contributed by atoms with E-state index in [4.69, 9.17) is 11.6 Å². The van der Waals surface area contributed by atoms with Crippen molar-refractivity contribution in [3.05, 3.63) is 83.1 Å². The lowest BCUT2D eigenvalue weighted by Gasteiger charge is -2.25. The molecule has 3 heteroatoms. The molecule has 0 N–H and O–H groups in total. The molecule has 0 amide bonds. The molecule has 0 fully saturated rings. The molecule has 0 bridgehead atoms. The van der Waals surface area contributed by atoms with Crippen molar-refractivity contribution in [2.24, 2.45) is 0 Å². The van der Waals surface area contributed by atoms with Gasteiger partial charge in [-0.15, -0.1) is 0 Å². The van der Waals surface area contributed by atoms with E-state index in [-0.39, 0.29) is 0 Å². The van der Waals surface area contributed by atoms with Crippen LogP contribution in [0.2, 0.25) is 5.15 Å². The summed E-state index contributed by atoms with van der Waals surface area (Å²) in [6, 6.07) is 20.7. The summed E-state index contributed by atoms with van der Waals surface area (Å²) in [6.45, 7) is 4.17. The third kappa shape index (κ3) is 3.12. The Morgan fingerprint density at radius 1 is 0.682 bits per heavy atom. The van der Waals surface area contributed by atoms with Crippen LogP contribution in [-0.4, -0.2) is 4.98 Å². The standard InChI is InChI=1S/C19H17ClN2/c1-14-3-7-16(8-4-14)22(17-9-5-15(2)6-10-17)18-11-12-19(20)21-13-18/h3-13H,1-2H3. The summed E-state index contributed by atoms with van der Waals surface area (Å²) >= 11 is 5.92. The fourth-order valence-electron chi connectivity index (χ4n) is 2.34. The maximum Gasteiger partial charge on any atom is 0.129 e. The number of aryl methyl sites for hydroxylation is 2. The molecule has 0 unspecified atom stereocenters. The Morgan fingerprint density at radius 3 is 1.55 bits per heavy atom. The first-order chi connectivity index (χ1) is 10.6.